The number of unbranched alkanes of at least 4 members (excludes halogenated alkanes) is 3. The molecular formula is C27H37FO4. The topological polar surface area (TPSA) is 66.8 Å². The van der Waals surface area contributed by atoms with Gasteiger partial charge in [-0.25, -0.2) is 4.39 Å². The summed E-state index contributed by atoms with van der Waals surface area (Å²) >= 11 is 0. The van der Waals surface area contributed by atoms with Gasteiger partial charge >= 0.3 is 5.97 Å². The highest BCUT2D eigenvalue weighted by Gasteiger charge is 2.58. The largest absolute Gasteiger partial charge is 0.481 e. The van der Waals surface area contributed by atoms with Gasteiger partial charge in [0.2, 0.25) is 0 Å². The first-order valence-electron chi connectivity index (χ1n) is 12.1. The molecule has 1 heterocycles. The first kappa shape index (κ1) is 24.7. The molecule has 1 saturated heterocycles. The molecule has 2 aliphatic rings. The number of carbonyl (C=O) groups is 1. The van der Waals surface area contributed by atoms with Gasteiger partial charge in [-0.15, -0.1) is 0 Å². The molecule has 4 nitrogen and oxygen atoms in total. The predicted octanol–water partition coefficient (Wildman–Crippen LogP) is 5.80. The van der Waals surface area contributed by atoms with E-state index in [-0.39, 0.29) is 29.7 Å². The normalized spacial score (nSPS) is 28.2. The van der Waals surface area contributed by atoms with Gasteiger partial charge in [0.1, 0.15) is 5.82 Å². The molecule has 176 valence electrons. The molecule has 0 aromatic heterocycles. The summed E-state index contributed by atoms with van der Waals surface area (Å²) in [5, 5.41) is 19.2. The molecule has 1 aliphatic heterocycles. The maximum Gasteiger partial charge on any atom is 0.303 e. The number of hydrogen-bond acceptors (Lipinski definition) is 3. The van der Waals surface area contributed by atoms with E-state index >= 15 is 0 Å². The summed E-state index contributed by atoms with van der Waals surface area (Å²) in [5.41, 5.74) is 0.955. The summed E-state index contributed by atoms with van der Waals surface area (Å²) in [6, 6.07) is 6.82. The van der Waals surface area contributed by atoms with Gasteiger partial charge in [-0.2, -0.15) is 0 Å². The number of carboxylic acid groups (broad SMARTS) is 1. The molecular weight excluding hydrogens is 407 g/mol. The fraction of sp³-hybridized carbons (Fsp3) is 0.593. The third-order valence-corrected chi connectivity index (χ3v) is 7.12. The number of ether oxygens (including phenoxy) is 1. The summed E-state index contributed by atoms with van der Waals surface area (Å²) in [7, 11) is 0. The number of rotatable bonds is 13. The van der Waals surface area contributed by atoms with E-state index in [0.717, 1.165) is 50.5 Å². The molecule has 0 spiro atoms. The lowest BCUT2D eigenvalue weighted by Gasteiger charge is -2.38. The second kappa shape index (κ2) is 11.8. The third kappa shape index (κ3) is 6.08. The average molecular weight is 445 g/mol. The number of allylic oxidation sites excluding steroid dienone is 2. The summed E-state index contributed by atoms with van der Waals surface area (Å²) in [6.45, 7) is 2.79. The molecule has 2 N–H and O–H groups in total. The monoisotopic (exact) mass is 444 g/mol. The zero-order valence-corrected chi connectivity index (χ0v) is 19.1. The Morgan fingerprint density at radius 2 is 2.03 bits per heavy atom. The molecule has 0 unspecified atom stereocenters. The van der Waals surface area contributed by atoms with Crippen molar-refractivity contribution in [1.82, 2.24) is 0 Å². The molecule has 1 saturated carbocycles. The Morgan fingerprint density at radius 1 is 1.25 bits per heavy atom. The molecule has 0 amide bonds. The second-order valence-electron chi connectivity index (χ2n) is 9.34. The van der Waals surface area contributed by atoms with E-state index in [1.807, 2.05) is 18.2 Å². The van der Waals surface area contributed by atoms with Crippen molar-refractivity contribution in [2.45, 2.75) is 82.3 Å². The van der Waals surface area contributed by atoms with Crippen LogP contribution in [0.15, 0.2) is 48.6 Å². The zero-order chi connectivity index (χ0) is 23.0. The van der Waals surface area contributed by atoms with Crippen LogP contribution in [0.2, 0.25) is 0 Å². The van der Waals surface area contributed by atoms with Gasteiger partial charge in [0.05, 0.1) is 18.8 Å². The molecule has 1 aromatic rings. The number of fused-ring (bicyclic) bond motifs is 2. The summed E-state index contributed by atoms with van der Waals surface area (Å²) in [5.74, 6) is -0.512. The van der Waals surface area contributed by atoms with E-state index in [0.29, 0.717) is 18.9 Å². The molecule has 5 heteroatoms. The van der Waals surface area contributed by atoms with Crippen LogP contribution in [0.4, 0.5) is 4.39 Å². The minimum atomic E-state index is -0.762. The molecule has 1 aliphatic carbocycles. The molecule has 1 aromatic carbocycles. The number of aliphatic hydroxyl groups excluding tert-OH is 1. The van der Waals surface area contributed by atoms with E-state index in [4.69, 9.17) is 9.84 Å². The highest BCUT2D eigenvalue weighted by molar-refractivity contribution is 5.66. The van der Waals surface area contributed by atoms with Crippen molar-refractivity contribution in [3.05, 3.63) is 60.0 Å². The number of carboxylic acids is 1. The molecule has 0 radical (unpaired) electrons. The number of benzene rings is 1. The van der Waals surface area contributed by atoms with Crippen molar-refractivity contribution in [3.63, 3.8) is 0 Å². The standard InChI is InChI=1S/C27H37FO4/c1-2-3-6-9-22(29)16-17-23-24(10-7-4-5-8-11-26(30)31)27(18-25(23)32-19-27)20-12-14-21(28)15-13-20/h4,7,12-17,22-25,29H,2-3,5-6,8-11,18-19H2,1H3,(H,30,31)/t22-,23-,24-,25-,27-/m1/s1. The van der Waals surface area contributed by atoms with Crippen molar-refractivity contribution in [2.75, 3.05) is 6.61 Å². The number of aliphatic carboxylic acids is 1. The van der Waals surface area contributed by atoms with Gasteiger partial charge in [0.15, 0.2) is 0 Å². The molecule has 2 fully saturated rings. The Hall–Kier alpha value is -1.98. The van der Waals surface area contributed by atoms with Crippen LogP contribution in [0.5, 0.6) is 0 Å². The van der Waals surface area contributed by atoms with Crippen LogP contribution in [-0.4, -0.2) is 35.0 Å². The van der Waals surface area contributed by atoms with Crippen LogP contribution in [0.1, 0.15) is 70.3 Å². The number of halogens is 1. The van der Waals surface area contributed by atoms with Crippen LogP contribution < -0.4 is 0 Å². The second-order valence-corrected chi connectivity index (χ2v) is 9.34. The number of aliphatic hydroxyl groups is 1. The zero-order valence-electron chi connectivity index (χ0n) is 19.1. The minimum absolute atomic E-state index is 0.101. The summed E-state index contributed by atoms with van der Waals surface area (Å²) in [4.78, 5) is 10.7. The van der Waals surface area contributed by atoms with Crippen LogP contribution in [0, 0.1) is 17.7 Å². The van der Waals surface area contributed by atoms with Crippen molar-refractivity contribution in [1.29, 1.82) is 0 Å². The van der Waals surface area contributed by atoms with E-state index in [1.165, 1.54) is 12.1 Å². The Morgan fingerprint density at radius 3 is 2.75 bits per heavy atom. The highest BCUT2D eigenvalue weighted by Crippen LogP contribution is 2.57. The van der Waals surface area contributed by atoms with E-state index in [1.54, 1.807) is 0 Å². The molecule has 3 rings (SSSR count). The van der Waals surface area contributed by atoms with Crippen LogP contribution in [0.25, 0.3) is 0 Å². The quantitative estimate of drug-likeness (QED) is 0.298. The Kier molecular flexibility index (Phi) is 9.06. The maximum atomic E-state index is 13.6. The lowest BCUT2D eigenvalue weighted by Crippen LogP contribution is -2.39. The Bertz CT molecular complexity index is 787. The van der Waals surface area contributed by atoms with Crippen molar-refractivity contribution in [3.8, 4) is 0 Å². The van der Waals surface area contributed by atoms with E-state index < -0.39 is 12.1 Å². The van der Waals surface area contributed by atoms with Crippen LogP contribution in [-0.2, 0) is 14.9 Å². The van der Waals surface area contributed by atoms with Crippen molar-refractivity contribution < 1.29 is 24.1 Å². The molecule has 32 heavy (non-hydrogen) atoms. The summed E-state index contributed by atoms with van der Waals surface area (Å²) < 4.78 is 19.7. The lowest BCUT2D eigenvalue weighted by molar-refractivity contribution is -0.137. The first-order valence-corrected chi connectivity index (χ1v) is 12.1. The molecule has 5 atom stereocenters. The maximum absolute atomic E-state index is 13.6. The van der Waals surface area contributed by atoms with Gasteiger partial charge in [0, 0.05) is 17.8 Å². The van der Waals surface area contributed by atoms with Crippen molar-refractivity contribution >= 4 is 5.97 Å². The highest BCUT2D eigenvalue weighted by atomic mass is 19.1. The SMILES string of the molecule is CCCCC[C@@H](O)C=C[C@@H]1[C@@H](CC=CCCCC(=O)O)[C@@]2(c3ccc(F)cc3)CO[C@@H]1C2. The fourth-order valence-corrected chi connectivity index (χ4v) is 5.39. The van der Waals surface area contributed by atoms with E-state index in [9.17, 15) is 14.3 Å². The van der Waals surface area contributed by atoms with Gasteiger partial charge in [-0.1, -0.05) is 62.6 Å². The average Bonchev–Trinajstić information content (AvgIpc) is 3.33. The van der Waals surface area contributed by atoms with Gasteiger partial charge < -0.3 is 14.9 Å². The minimum Gasteiger partial charge on any atom is -0.481 e. The van der Waals surface area contributed by atoms with Gasteiger partial charge in [-0.3, -0.25) is 4.79 Å². The van der Waals surface area contributed by atoms with E-state index in [2.05, 4.69) is 25.2 Å². The summed E-state index contributed by atoms with van der Waals surface area (Å²) in [6.07, 6.45) is 15.4. The third-order valence-electron chi connectivity index (χ3n) is 7.12. The fourth-order valence-electron chi connectivity index (χ4n) is 5.39. The van der Waals surface area contributed by atoms with Crippen molar-refractivity contribution in [2.24, 2.45) is 11.8 Å². The predicted molar refractivity (Wildman–Crippen MR) is 124 cm³/mol. The Labute approximate surface area is 191 Å². The van der Waals surface area contributed by atoms with Crippen LogP contribution >= 0.6 is 0 Å². The Balaban J connectivity index is 1.74. The van der Waals surface area contributed by atoms with Crippen LogP contribution in [0.3, 0.4) is 0 Å². The number of hydrogen-bond donors (Lipinski definition) is 2. The van der Waals surface area contributed by atoms with Gasteiger partial charge in [-0.05, 0) is 55.7 Å². The lowest BCUT2D eigenvalue weighted by atomic mass is 9.69. The molecule has 2 bridgehead atoms. The first-order chi connectivity index (χ1) is 15.5. The van der Waals surface area contributed by atoms with Gasteiger partial charge in [0.25, 0.3) is 0 Å². The smallest absolute Gasteiger partial charge is 0.303 e.